The van der Waals surface area contributed by atoms with Gasteiger partial charge in [0, 0.05) is 28.6 Å². The first-order chi connectivity index (χ1) is 13.7. The molecule has 142 valence electrons. The summed E-state index contributed by atoms with van der Waals surface area (Å²) in [5.41, 5.74) is 9.51. The minimum atomic E-state index is -0.143. The second kappa shape index (κ2) is 7.31. The highest BCUT2D eigenvalue weighted by Gasteiger charge is 2.31. The summed E-state index contributed by atoms with van der Waals surface area (Å²) in [7, 11) is 0. The molecule has 0 aliphatic carbocycles. The fourth-order valence-corrected chi connectivity index (χ4v) is 5.10. The van der Waals surface area contributed by atoms with Gasteiger partial charge in [0.2, 0.25) is 0 Å². The Morgan fingerprint density at radius 2 is 2.07 bits per heavy atom. The van der Waals surface area contributed by atoms with Crippen LogP contribution in [0.1, 0.15) is 23.2 Å². The monoisotopic (exact) mass is 455 g/mol. The van der Waals surface area contributed by atoms with Crippen molar-refractivity contribution in [3.63, 3.8) is 0 Å². The number of hydrogen-bond acceptors (Lipinski definition) is 4. The van der Waals surface area contributed by atoms with Crippen LogP contribution in [0.2, 0.25) is 0 Å². The molecule has 1 aromatic carbocycles. The van der Waals surface area contributed by atoms with E-state index in [1.807, 2.05) is 41.8 Å². The number of quaternary nitrogens is 1. The molecule has 3 aliphatic rings. The molecule has 1 fully saturated rings. The second-order valence-electron chi connectivity index (χ2n) is 7.31. The van der Waals surface area contributed by atoms with Crippen molar-refractivity contribution in [1.82, 2.24) is 15.8 Å². The van der Waals surface area contributed by atoms with Crippen molar-refractivity contribution in [2.24, 2.45) is 5.92 Å². The van der Waals surface area contributed by atoms with Gasteiger partial charge in [-0.1, -0.05) is 22.0 Å². The van der Waals surface area contributed by atoms with E-state index in [2.05, 4.69) is 33.0 Å². The molecule has 2 aromatic heterocycles. The predicted molar refractivity (Wildman–Crippen MR) is 115 cm³/mol. The fraction of sp³-hybridized carbons (Fsp3) is 0.238. The Morgan fingerprint density at radius 3 is 2.79 bits per heavy atom. The number of aromatic nitrogens is 1. The quantitative estimate of drug-likeness (QED) is 0.529. The SMILES string of the molecule is O=C(NNC1=C[NH+]2CCC1CC2)c1cc(-c2cccs2)nc2ccc(Br)cc12. The van der Waals surface area contributed by atoms with Crippen LogP contribution in [0.25, 0.3) is 21.5 Å². The van der Waals surface area contributed by atoms with E-state index >= 15 is 0 Å². The normalized spacial score (nSPS) is 20.8. The Labute approximate surface area is 175 Å². The first-order valence-corrected chi connectivity index (χ1v) is 11.1. The van der Waals surface area contributed by atoms with E-state index in [1.165, 1.54) is 30.8 Å². The topological polar surface area (TPSA) is 58.5 Å². The molecule has 3 aromatic rings. The van der Waals surface area contributed by atoms with Crippen LogP contribution in [0.5, 0.6) is 0 Å². The Morgan fingerprint density at radius 1 is 1.21 bits per heavy atom. The average molecular weight is 456 g/mol. The lowest BCUT2D eigenvalue weighted by atomic mass is 9.90. The standard InChI is InChI=1S/C21H19BrN4OS/c22-14-3-4-17-15(10-14)16(11-18(23-17)20-2-1-9-28-20)21(27)25-24-19-12-26-7-5-13(19)6-8-26/h1-4,9-13,24H,5-8H2,(H,25,27)/p+1. The van der Waals surface area contributed by atoms with Gasteiger partial charge in [-0.25, -0.2) is 4.98 Å². The van der Waals surface area contributed by atoms with Crippen molar-refractivity contribution in [2.45, 2.75) is 12.8 Å². The van der Waals surface area contributed by atoms with Gasteiger partial charge in [-0.3, -0.25) is 15.6 Å². The molecule has 28 heavy (non-hydrogen) atoms. The molecular weight excluding hydrogens is 436 g/mol. The molecular formula is C21H20BrN4OS+. The van der Waals surface area contributed by atoms with Gasteiger partial charge in [0.05, 0.1) is 40.4 Å². The van der Waals surface area contributed by atoms with Gasteiger partial charge < -0.3 is 4.90 Å². The molecule has 0 unspecified atom stereocenters. The summed E-state index contributed by atoms with van der Waals surface area (Å²) in [5.74, 6) is 0.387. The number of piperidine rings is 1. The lowest BCUT2D eigenvalue weighted by Crippen LogP contribution is -3.10. The van der Waals surface area contributed by atoms with E-state index in [9.17, 15) is 4.79 Å². The largest absolute Gasteiger partial charge is 0.307 e. The number of nitrogens with zero attached hydrogens (tertiary/aromatic N) is 1. The number of hydrogen-bond donors (Lipinski definition) is 3. The molecule has 1 amide bonds. The van der Waals surface area contributed by atoms with Gasteiger partial charge in [0.15, 0.2) is 0 Å². The average Bonchev–Trinajstić information content (AvgIpc) is 3.27. The summed E-state index contributed by atoms with van der Waals surface area (Å²) >= 11 is 5.13. The highest BCUT2D eigenvalue weighted by Crippen LogP contribution is 2.29. The highest BCUT2D eigenvalue weighted by molar-refractivity contribution is 9.10. The van der Waals surface area contributed by atoms with Crippen LogP contribution >= 0.6 is 27.3 Å². The first-order valence-electron chi connectivity index (χ1n) is 9.44. The fourth-order valence-electron chi connectivity index (χ4n) is 4.05. The van der Waals surface area contributed by atoms with Gasteiger partial charge in [-0.05, 0) is 35.7 Å². The molecule has 0 spiro atoms. The Kier molecular flexibility index (Phi) is 4.66. The molecule has 0 radical (unpaired) electrons. The zero-order chi connectivity index (χ0) is 19.1. The Bertz CT molecular complexity index is 1070. The van der Waals surface area contributed by atoms with Crippen LogP contribution in [0.3, 0.4) is 0 Å². The minimum absolute atomic E-state index is 0.143. The van der Waals surface area contributed by atoms with Crippen molar-refractivity contribution < 1.29 is 9.69 Å². The second-order valence-corrected chi connectivity index (χ2v) is 9.17. The number of amides is 1. The third-order valence-corrected chi connectivity index (χ3v) is 6.92. The number of hydrazine groups is 1. The zero-order valence-electron chi connectivity index (χ0n) is 15.2. The summed E-state index contributed by atoms with van der Waals surface area (Å²) in [5, 5.41) is 2.86. The van der Waals surface area contributed by atoms with Gasteiger partial charge in [-0.2, -0.15) is 0 Å². The van der Waals surface area contributed by atoms with Crippen molar-refractivity contribution in [3.8, 4) is 10.6 Å². The zero-order valence-corrected chi connectivity index (χ0v) is 17.6. The molecule has 3 aliphatic heterocycles. The maximum atomic E-state index is 13.1. The summed E-state index contributed by atoms with van der Waals surface area (Å²) < 4.78 is 0.927. The van der Waals surface area contributed by atoms with Crippen molar-refractivity contribution in [1.29, 1.82) is 0 Å². The molecule has 0 saturated carbocycles. The summed E-state index contributed by atoms with van der Waals surface area (Å²) in [6, 6.07) is 11.8. The Balaban J connectivity index is 1.48. The van der Waals surface area contributed by atoms with Crippen LogP contribution in [0.15, 0.2) is 58.1 Å². The van der Waals surface area contributed by atoms with E-state index < -0.39 is 0 Å². The minimum Gasteiger partial charge on any atom is -0.307 e. The number of pyridine rings is 1. The van der Waals surface area contributed by atoms with Crippen LogP contribution in [0, 0.1) is 5.92 Å². The number of thiophene rings is 1. The van der Waals surface area contributed by atoms with Crippen LogP contribution < -0.4 is 15.8 Å². The van der Waals surface area contributed by atoms with E-state index in [0.29, 0.717) is 11.5 Å². The summed E-state index contributed by atoms with van der Waals surface area (Å²) in [6.45, 7) is 2.38. The first kappa shape index (κ1) is 17.8. The lowest BCUT2D eigenvalue weighted by molar-refractivity contribution is -0.859. The van der Waals surface area contributed by atoms with Gasteiger partial charge in [0.1, 0.15) is 6.20 Å². The lowest BCUT2D eigenvalue weighted by Gasteiger charge is -2.34. The predicted octanol–water partition coefficient (Wildman–Crippen LogP) is 3.11. The van der Waals surface area contributed by atoms with Gasteiger partial charge in [-0.15, -0.1) is 11.3 Å². The Hall–Kier alpha value is -2.22. The number of rotatable bonds is 4. The molecule has 0 atom stereocenters. The van der Waals surface area contributed by atoms with E-state index in [4.69, 9.17) is 4.98 Å². The number of halogens is 1. The molecule has 5 heterocycles. The molecule has 1 saturated heterocycles. The summed E-state index contributed by atoms with van der Waals surface area (Å²) in [4.78, 5) is 20.4. The number of carbonyl (C=O) groups is 1. The number of allylic oxidation sites excluding steroid dienone is 1. The van der Waals surface area contributed by atoms with Crippen molar-refractivity contribution in [2.75, 3.05) is 13.1 Å². The van der Waals surface area contributed by atoms with Crippen molar-refractivity contribution in [3.05, 3.63) is 63.7 Å². The van der Waals surface area contributed by atoms with E-state index in [0.717, 1.165) is 31.6 Å². The molecule has 5 nitrogen and oxygen atoms in total. The van der Waals surface area contributed by atoms with Gasteiger partial charge >= 0.3 is 0 Å². The van der Waals surface area contributed by atoms with Crippen LogP contribution in [0.4, 0.5) is 0 Å². The molecule has 6 rings (SSSR count). The molecule has 3 N–H and O–H groups in total. The smallest absolute Gasteiger partial charge is 0.270 e. The number of fused-ring (bicyclic) bond motifs is 3. The third-order valence-electron chi connectivity index (χ3n) is 5.54. The number of carbonyl (C=O) groups excluding carboxylic acids is 1. The van der Waals surface area contributed by atoms with Crippen molar-refractivity contribution >= 4 is 44.1 Å². The van der Waals surface area contributed by atoms with E-state index in [1.54, 1.807) is 11.3 Å². The molecule has 7 heteroatoms. The molecule has 2 bridgehead atoms. The maximum Gasteiger partial charge on any atom is 0.270 e. The van der Waals surface area contributed by atoms with Gasteiger partial charge in [0.25, 0.3) is 5.91 Å². The summed E-state index contributed by atoms with van der Waals surface area (Å²) in [6.07, 6.45) is 4.58. The number of benzene rings is 1. The maximum absolute atomic E-state index is 13.1. The van der Waals surface area contributed by atoms with Crippen LogP contribution in [-0.4, -0.2) is 24.0 Å². The highest BCUT2D eigenvalue weighted by atomic mass is 79.9. The third kappa shape index (κ3) is 3.34. The number of nitrogens with one attached hydrogen (secondary N) is 3. The van der Waals surface area contributed by atoms with Crippen LogP contribution in [-0.2, 0) is 0 Å². The van der Waals surface area contributed by atoms with E-state index in [-0.39, 0.29) is 5.91 Å².